The van der Waals surface area contributed by atoms with E-state index in [1.54, 1.807) is 79.7 Å². The lowest BCUT2D eigenvalue weighted by Gasteiger charge is -2.26. The van der Waals surface area contributed by atoms with E-state index in [4.69, 9.17) is 16.3 Å². The summed E-state index contributed by atoms with van der Waals surface area (Å²) in [6, 6.07) is 26.2. The highest BCUT2D eigenvalue weighted by atomic mass is 35.5. The molecule has 0 saturated carbocycles. The minimum atomic E-state index is -4.19. The fraction of sp³-hybridized carbons (Fsp3) is 0.133. The molecule has 40 heavy (non-hydrogen) atoms. The van der Waals surface area contributed by atoms with Crippen molar-refractivity contribution in [3.05, 3.63) is 113 Å². The fourth-order valence-electron chi connectivity index (χ4n) is 3.99. The number of carbonyl (C=O) groups excluding carboxylic acids is 2. The number of sulfonamides is 1. The molecule has 0 atom stereocenters. The fourth-order valence-corrected chi connectivity index (χ4v) is 6.01. The molecular formula is C30H27ClN2O5S2. The Morgan fingerprint density at radius 3 is 2.27 bits per heavy atom. The Morgan fingerprint density at radius 1 is 0.925 bits per heavy atom. The maximum absolute atomic E-state index is 13.9. The maximum Gasteiger partial charge on any atom is 0.264 e. The topological polar surface area (TPSA) is 92.8 Å². The molecule has 4 aromatic rings. The molecule has 4 rings (SSSR count). The summed E-state index contributed by atoms with van der Waals surface area (Å²) in [6.45, 7) is 1.52. The molecule has 0 unspecified atom stereocenters. The zero-order valence-corrected chi connectivity index (χ0v) is 24.2. The van der Waals surface area contributed by atoms with Crippen molar-refractivity contribution in [3.8, 4) is 5.75 Å². The first-order chi connectivity index (χ1) is 19.2. The largest absolute Gasteiger partial charge is 0.492 e. The summed E-state index contributed by atoms with van der Waals surface area (Å²) in [4.78, 5) is 27.6. The number of ether oxygens (including phenoxy) is 1. The lowest BCUT2D eigenvalue weighted by atomic mass is 10.0. The average molecular weight is 595 g/mol. The summed E-state index contributed by atoms with van der Waals surface area (Å²) in [5.41, 5.74) is 1.03. The Labute approximate surface area is 243 Å². The molecule has 0 aliphatic carbocycles. The van der Waals surface area contributed by atoms with Gasteiger partial charge in [0.25, 0.3) is 10.0 Å². The van der Waals surface area contributed by atoms with Gasteiger partial charge in [-0.1, -0.05) is 54.1 Å². The minimum Gasteiger partial charge on any atom is -0.492 e. The van der Waals surface area contributed by atoms with E-state index in [1.807, 2.05) is 6.26 Å². The Hall–Kier alpha value is -3.79. The summed E-state index contributed by atoms with van der Waals surface area (Å²) < 4.78 is 34.5. The summed E-state index contributed by atoms with van der Waals surface area (Å²) in [7, 11) is -4.19. The maximum atomic E-state index is 13.9. The van der Waals surface area contributed by atoms with Crippen LogP contribution < -0.4 is 14.4 Å². The number of anilines is 2. The number of nitrogens with zero attached hydrogens (tertiary/aromatic N) is 1. The number of carbonyl (C=O) groups is 2. The first kappa shape index (κ1) is 29.2. The van der Waals surface area contributed by atoms with E-state index in [0.717, 1.165) is 9.20 Å². The van der Waals surface area contributed by atoms with Crippen LogP contribution in [0.5, 0.6) is 5.75 Å². The second kappa shape index (κ2) is 13.0. The van der Waals surface area contributed by atoms with Crippen LogP contribution in [0.1, 0.15) is 22.8 Å². The van der Waals surface area contributed by atoms with Crippen LogP contribution in [0, 0.1) is 0 Å². The van der Waals surface area contributed by atoms with Gasteiger partial charge in [0.05, 0.1) is 22.9 Å². The highest BCUT2D eigenvalue weighted by Crippen LogP contribution is 2.33. The number of halogens is 1. The van der Waals surface area contributed by atoms with E-state index in [-0.39, 0.29) is 27.6 Å². The van der Waals surface area contributed by atoms with Gasteiger partial charge < -0.3 is 10.1 Å². The van der Waals surface area contributed by atoms with Crippen molar-refractivity contribution in [1.29, 1.82) is 0 Å². The number of nitrogens with one attached hydrogen (secondary N) is 1. The summed E-state index contributed by atoms with van der Waals surface area (Å²) >= 11 is 7.67. The van der Waals surface area contributed by atoms with Gasteiger partial charge >= 0.3 is 0 Å². The molecule has 0 heterocycles. The molecule has 4 aromatic carbocycles. The number of thioether (sulfide) groups is 1. The number of rotatable bonds is 11. The molecule has 0 bridgehead atoms. The zero-order chi connectivity index (χ0) is 28.7. The Morgan fingerprint density at radius 2 is 1.60 bits per heavy atom. The van der Waals surface area contributed by atoms with Crippen LogP contribution in [-0.4, -0.2) is 39.5 Å². The molecule has 10 heteroatoms. The van der Waals surface area contributed by atoms with E-state index in [0.29, 0.717) is 22.9 Å². The molecule has 0 radical (unpaired) electrons. The van der Waals surface area contributed by atoms with E-state index in [2.05, 4.69) is 5.32 Å². The van der Waals surface area contributed by atoms with Crippen molar-refractivity contribution in [2.75, 3.05) is 29.0 Å². The van der Waals surface area contributed by atoms with Crippen molar-refractivity contribution in [1.82, 2.24) is 0 Å². The first-order valence-electron chi connectivity index (χ1n) is 12.3. The number of hydrogen-bond acceptors (Lipinski definition) is 6. The normalized spacial score (nSPS) is 11.1. The van der Waals surface area contributed by atoms with Crippen LogP contribution in [0.4, 0.5) is 11.4 Å². The van der Waals surface area contributed by atoms with Crippen LogP contribution >= 0.6 is 23.4 Å². The van der Waals surface area contributed by atoms with Crippen molar-refractivity contribution in [2.24, 2.45) is 0 Å². The third-order valence-corrected chi connectivity index (χ3v) is 8.66. The van der Waals surface area contributed by atoms with Gasteiger partial charge in [0.1, 0.15) is 12.3 Å². The molecule has 0 spiro atoms. The highest BCUT2D eigenvalue weighted by molar-refractivity contribution is 7.98. The van der Waals surface area contributed by atoms with Crippen molar-refractivity contribution < 1.29 is 22.7 Å². The number of para-hydroxylation sites is 2. The Balaban J connectivity index is 1.71. The predicted octanol–water partition coefficient (Wildman–Crippen LogP) is 6.53. The molecule has 1 N–H and O–H groups in total. The van der Waals surface area contributed by atoms with Crippen LogP contribution in [0.25, 0.3) is 0 Å². The molecule has 206 valence electrons. The molecular weight excluding hydrogens is 568 g/mol. The monoisotopic (exact) mass is 594 g/mol. The SMILES string of the molecule is CCOc1ccccc1N(CC(=O)Nc1ccc(Cl)cc1C(=O)c1ccccc1)S(=O)(=O)c1ccc(SC)cc1. The minimum absolute atomic E-state index is 0.0239. The van der Waals surface area contributed by atoms with Gasteiger partial charge in [0, 0.05) is 21.0 Å². The van der Waals surface area contributed by atoms with Gasteiger partial charge in [-0.3, -0.25) is 13.9 Å². The number of hydrogen-bond donors (Lipinski definition) is 1. The molecule has 0 fully saturated rings. The number of benzene rings is 4. The summed E-state index contributed by atoms with van der Waals surface area (Å²) in [5, 5.41) is 3.03. The predicted molar refractivity (Wildman–Crippen MR) is 160 cm³/mol. The van der Waals surface area contributed by atoms with E-state index >= 15 is 0 Å². The standard InChI is InChI=1S/C30H27ClN2O5S2/c1-3-38-28-12-8-7-11-27(28)33(40(36,37)24-16-14-23(39-2)15-17-24)20-29(34)32-26-18-13-22(31)19-25(26)30(35)21-9-5-4-6-10-21/h4-19H,3,20H2,1-2H3,(H,32,34). The molecule has 0 saturated heterocycles. The van der Waals surface area contributed by atoms with Crippen LogP contribution in [0.3, 0.4) is 0 Å². The van der Waals surface area contributed by atoms with Gasteiger partial charge in [0.2, 0.25) is 5.91 Å². The van der Waals surface area contributed by atoms with Gasteiger partial charge in [-0.2, -0.15) is 0 Å². The lowest BCUT2D eigenvalue weighted by molar-refractivity contribution is -0.114. The quantitative estimate of drug-likeness (QED) is 0.157. The molecule has 7 nitrogen and oxygen atoms in total. The van der Waals surface area contributed by atoms with Crippen LogP contribution in [0.15, 0.2) is 107 Å². The summed E-state index contributed by atoms with van der Waals surface area (Å²) in [5.74, 6) is -0.674. The highest BCUT2D eigenvalue weighted by Gasteiger charge is 2.30. The lowest BCUT2D eigenvalue weighted by Crippen LogP contribution is -2.38. The van der Waals surface area contributed by atoms with Gasteiger partial charge in [-0.05, 0) is 67.8 Å². The van der Waals surface area contributed by atoms with Crippen LogP contribution in [-0.2, 0) is 14.8 Å². The van der Waals surface area contributed by atoms with Gasteiger partial charge in [-0.15, -0.1) is 11.8 Å². The molecule has 0 aliphatic rings. The molecule has 0 aliphatic heterocycles. The first-order valence-corrected chi connectivity index (χ1v) is 15.4. The smallest absolute Gasteiger partial charge is 0.264 e. The Bertz CT molecular complexity index is 1610. The zero-order valence-electron chi connectivity index (χ0n) is 21.8. The second-order valence-electron chi connectivity index (χ2n) is 8.52. The molecule has 1 amide bonds. The van der Waals surface area contributed by atoms with Crippen molar-refractivity contribution in [2.45, 2.75) is 16.7 Å². The third-order valence-electron chi connectivity index (χ3n) is 5.90. The number of ketones is 1. The van der Waals surface area contributed by atoms with E-state index in [1.165, 1.54) is 36.0 Å². The van der Waals surface area contributed by atoms with E-state index in [9.17, 15) is 18.0 Å². The van der Waals surface area contributed by atoms with Crippen LogP contribution in [0.2, 0.25) is 5.02 Å². The number of amides is 1. The van der Waals surface area contributed by atoms with Crippen molar-refractivity contribution >= 4 is 56.5 Å². The van der Waals surface area contributed by atoms with Crippen molar-refractivity contribution in [3.63, 3.8) is 0 Å². The molecule has 0 aromatic heterocycles. The van der Waals surface area contributed by atoms with Gasteiger partial charge in [-0.25, -0.2) is 8.42 Å². The van der Waals surface area contributed by atoms with E-state index < -0.39 is 22.5 Å². The Kier molecular flexibility index (Phi) is 9.52. The third kappa shape index (κ3) is 6.67. The second-order valence-corrected chi connectivity index (χ2v) is 11.7. The van der Waals surface area contributed by atoms with Gasteiger partial charge in [0.15, 0.2) is 5.78 Å². The summed E-state index contributed by atoms with van der Waals surface area (Å²) in [6.07, 6.45) is 1.89. The average Bonchev–Trinajstić information content (AvgIpc) is 2.97.